The van der Waals surface area contributed by atoms with E-state index in [0.717, 1.165) is 47.6 Å². The maximum absolute atomic E-state index is 12.8. The van der Waals surface area contributed by atoms with E-state index in [1.165, 1.54) is 18.2 Å². The molecule has 206 valence electrons. The summed E-state index contributed by atoms with van der Waals surface area (Å²) in [4.78, 5) is 6.89. The Labute approximate surface area is 225 Å². The summed E-state index contributed by atoms with van der Waals surface area (Å²) < 4.78 is 62.0. The predicted molar refractivity (Wildman–Crippen MR) is 142 cm³/mol. The van der Waals surface area contributed by atoms with Crippen LogP contribution in [-0.4, -0.2) is 27.7 Å². The quantitative estimate of drug-likeness (QED) is 0.153. The molecule has 5 nitrogen and oxygen atoms in total. The van der Waals surface area contributed by atoms with Gasteiger partial charge in [0.25, 0.3) is 0 Å². The number of halogens is 4. The Morgan fingerprint density at radius 1 is 0.769 bits per heavy atom. The fraction of sp³-hybridized carbons (Fsp3) is 0.300. The van der Waals surface area contributed by atoms with Crippen molar-refractivity contribution in [3.8, 4) is 22.9 Å². The summed E-state index contributed by atoms with van der Waals surface area (Å²) in [5.41, 5.74) is 3.73. The smallest absolute Gasteiger partial charge is 0.387 e. The molecule has 0 N–H and O–H groups in total. The van der Waals surface area contributed by atoms with Gasteiger partial charge in [0.15, 0.2) is 0 Å². The van der Waals surface area contributed by atoms with Gasteiger partial charge in [0.05, 0.1) is 11.9 Å². The molecule has 0 bridgehead atoms. The van der Waals surface area contributed by atoms with E-state index in [2.05, 4.69) is 25.9 Å². The molecule has 0 spiro atoms. The molecule has 0 aliphatic rings. The van der Waals surface area contributed by atoms with E-state index < -0.39 is 13.2 Å². The van der Waals surface area contributed by atoms with Gasteiger partial charge in [0.1, 0.15) is 17.3 Å². The van der Waals surface area contributed by atoms with E-state index in [9.17, 15) is 17.6 Å². The molecule has 0 atom stereocenters. The lowest BCUT2D eigenvalue weighted by atomic mass is 10.1. The van der Waals surface area contributed by atoms with Gasteiger partial charge in [0.2, 0.25) is 0 Å². The van der Waals surface area contributed by atoms with Gasteiger partial charge in [-0.25, -0.2) is 4.98 Å². The third kappa shape index (κ3) is 8.32. The van der Waals surface area contributed by atoms with Crippen molar-refractivity contribution >= 4 is 0 Å². The van der Waals surface area contributed by atoms with Crippen LogP contribution >= 0.6 is 0 Å². The highest BCUT2D eigenvalue weighted by molar-refractivity contribution is 5.55. The van der Waals surface area contributed by atoms with Gasteiger partial charge in [-0.2, -0.15) is 17.6 Å². The van der Waals surface area contributed by atoms with E-state index in [1.807, 2.05) is 42.6 Å². The second-order valence-electron chi connectivity index (χ2n) is 9.14. The number of alkyl halides is 4. The average Bonchev–Trinajstić information content (AvgIpc) is 3.30. The second-order valence-corrected chi connectivity index (χ2v) is 9.14. The van der Waals surface area contributed by atoms with Crippen LogP contribution in [0.1, 0.15) is 36.6 Å². The van der Waals surface area contributed by atoms with Crippen molar-refractivity contribution in [3.63, 3.8) is 0 Å². The molecule has 0 saturated carbocycles. The van der Waals surface area contributed by atoms with Crippen LogP contribution in [0.3, 0.4) is 0 Å². The first-order chi connectivity index (χ1) is 18.9. The molecule has 9 heteroatoms. The average molecular weight is 542 g/mol. The van der Waals surface area contributed by atoms with Crippen molar-refractivity contribution in [1.82, 2.24) is 14.5 Å². The van der Waals surface area contributed by atoms with E-state index in [1.54, 1.807) is 24.3 Å². The first kappa shape index (κ1) is 28.2. The fourth-order valence-electron chi connectivity index (χ4n) is 4.43. The molecular weight excluding hydrogens is 510 g/mol. The van der Waals surface area contributed by atoms with Crippen molar-refractivity contribution in [2.45, 2.75) is 59.2 Å². The summed E-state index contributed by atoms with van der Waals surface area (Å²) in [5, 5.41) is 0. The van der Waals surface area contributed by atoms with Crippen LogP contribution in [0.15, 0.2) is 85.1 Å². The number of hydrogen-bond donors (Lipinski definition) is 0. The monoisotopic (exact) mass is 541 g/mol. The standard InChI is InChI=1S/C30H31F4N3O2/c1-2-3-16-37-25(18-35-28(37)24-9-5-4-6-10-24)21-36(19-22-12-14-26(15-13-22)38-29(31)32)20-23-8-7-11-27(17-23)39-30(33)34/h4-15,17-18,29-30H,2-3,16,19-21H2,1H3. The van der Waals surface area contributed by atoms with E-state index in [4.69, 9.17) is 4.98 Å². The topological polar surface area (TPSA) is 39.5 Å². The van der Waals surface area contributed by atoms with Crippen molar-refractivity contribution in [2.75, 3.05) is 0 Å². The van der Waals surface area contributed by atoms with Crippen LogP contribution in [0.5, 0.6) is 11.5 Å². The molecule has 0 fully saturated rings. The first-order valence-electron chi connectivity index (χ1n) is 12.8. The summed E-state index contributed by atoms with van der Waals surface area (Å²) in [6, 6.07) is 23.1. The molecule has 0 saturated heterocycles. The van der Waals surface area contributed by atoms with Crippen LogP contribution in [-0.2, 0) is 26.2 Å². The van der Waals surface area contributed by atoms with Crippen molar-refractivity contribution in [1.29, 1.82) is 0 Å². The normalized spacial score (nSPS) is 11.5. The van der Waals surface area contributed by atoms with Crippen LogP contribution in [0.4, 0.5) is 17.6 Å². The Bertz CT molecular complexity index is 1300. The Morgan fingerprint density at radius 2 is 1.46 bits per heavy atom. The lowest BCUT2D eigenvalue weighted by Crippen LogP contribution is -2.24. The molecule has 0 aliphatic heterocycles. The number of rotatable bonds is 14. The van der Waals surface area contributed by atoms with Gasteiger partial charge in [-0.3, -0.25) is 4.90 Å². The summed E-state index contributed by atoms with van der Waals surface area (Å²) in [6.45, 7) is -1.41. The summed E-state index contributed by atoms with van der Waals surface area (Å²) >= 11 is 0. The molecule has 1 heterocycles. The third-order valence-corrected chi connectivity index (χ3v) is 6.18. The Morgan fingerprint density at radius 3 is 2.15 bits per heavy atom. The van der Waals surface area contributed by atoms with E-state index in [-0.39, 0.29) is 11.5 Å². The number of benzene rings is 3. The molecule has 1 aromatic heterocycles. The Hall–Kier alpha value is -3.85. The Balaban J connectivity index is 1.62. The molecule has 39 heavy (non-hydrogen) atoms. The summed E-state index contributed by atoms with van der Waals surface area (Å²) in [6.07, 6.45) is 3.89. The van der Waals surface area contributed by atoms with Crippen molar-refractivity contribution in [3.05, 3.63) is 102 Å². The number of unbranched alkanes of at least 4 members (excludes halogenated alkanes) is 1. The molecule has 0 amide bonds. The van der Waals surface area contributed by atoms with E-state index in [0.29, 0.717) is 19.6 Å². The van der Waals surface area contributed by atoms with Crippen LogP contribution < -0.4 is 9.47 Å². The van der Waals surface area contributed by atoms with Gasteiger partial charge in [-0.05, 0) is 41.8 Å². The zero-order chi connectivity index (χ0) is 27.6. The van der Waals surface area contributed by atoms with Crippen LogP contribution in [0.25, 0.3) is 11.4 Å². The zero-order valence-electron chi connectivity index (χ0n) is 21.7. The van der Waals surface area contributed by atoms with Crippen molar-refractivity contribution in [2.24, 2.45) is 0 Å². The SMILES string of the molecule is CCCCn1c(CN(Cc2ccc(OC(F)F)cc2)Cc2cccc(OC(F)F)c2)cnc1-c1ccccc1. The second kappa shape index (κ2) is 13.8. The highest BCUT2D eigenvalue weighted by Crippen LogP contribution is 2.24. The predicted octanol–water partition coefficient (Wildman–Crippen LogP) is 7.76. The number of imidazole rings is 1. The van der Waals surface area contributed by atoms with Crippen LogP contribution in [0.2, 0.25) is 0 Å². The third-order valence-electron chi connectivity index (χ3n) is 6.18. The lowest BCUT2D eigenvalue weighted by molar-refractivity contribution is -0.0505. The number of ether oxygens (including phenoxy) is 2. The van der Waals surface area contributed by atoms with Crippen LogP contribution in [0, 0.1) is 0 Å². The number of nitrogens with zero attached hydrogens (tertiary/aromatic N) is 3. The largest absolute Gasteiger partial charge is 0.435 e. The number of hydrogen-bond acceptors (Lipinski definition) is 4. The summed E-state index contributed by atoms with van der Waals surface area (Å²) in [7, 11) is 0. The number of aromatic nitrogens is 2. The van der Waals surface area contributed by atoms with Gasteiger partial charge >= 0.3 is 13.2 Å². The molecular formula is C30H31F4N3O2. The minimum Gasteiger partial charge on any atom is -0.435 e. The molecule has 0 aliphatic carbocycles. The molecule has 0 unspecified atom stereocenters. The fourth-order valence-corrected chi connectivity index (χ4v) is 4.43. The van der Waals surface area contributed by atoms with Gasteiger partial charge in [-0.1, -0.05) is 67.9 Å². The lowest BCUT2D eigenvalue weighted by Gasteiger charge is -2.24. The van der Waals surface area contributed by atoms with Gasteiger partial charge in [0, 0.05) is 31.7 Å². The zero-order valence-corrected chi connectivity index (χ0v) is 21.7. The highest BCUT2D eigenvalue weighted by Gasteiger charge is 2.17. The molecule has 4 rings (SSSR count). The van der Waals surface area contributed by atoms with Gasteiger partial charge < -0.3 is 14.0 Å². The van der Waals surface area contributed by atoms with E-state index >= 15 is 0 Å². The molecule has 3 aromatic carbocycles. The summed E-state index contributed by atoms with van der Waals surface area (Å²) in [5.74, 6) is 1.07. The maximum Gasteiger partial charge on any atom is 0.387 e. The minimum atomic E-state index is -2.91. The maximum atomic E-state index is 12.8. The Kier molecular flexibility index (Phi) is 9.97. The molecule has 4 aromatic rings. The van der Waals surface area contributed by atoms with Gasteiger partial charge in [-0.15, -0.1) is 0 Å². The minimum absolute atomic E-state index is 0.0855. The van der Waals surface area contributed by atoms with Crippen molar-refractivity contribution < 1.29 is 27.0 Å². The highest BCUT2D eigenvalue weighted by atomic mass is 19.3. The first-order valence-corrected chi connectivity index (χ1v) is 12.8. The molecule has 0 radical (unpaired) electrons.